The Bertz CT molecular complexity index is 1000. The van der Waals surface area contributed by atoms with E-state index in [4.69, 9.17) is 4.74 Å². The van der Waals surface area contributed by atoms with Crippen molar-refractivity contribution in [1.29, 1.82) is 0 Å². The van der Waals surface area contributed by atoms with Crippen LogP contribution in [0.5, 0.6) is 0 Å². The number of carbonyl (C=O) groups is 1. The zero-order chi connectivity index (χ0) is 23.1. The number of esters is 1. The first-order valence-corrected chi connectivity index (χ1v) is 11.0. The van der Waals surface area contributed by atoms with Gasteiger partial charge in [-0.2, -0.15) is 0 Å². The first-order valence-electron chi connectivity index (χ1n) is 11.0. The molecule has 2 aromatic rings. The average Bonchev–Trinajstić information content (AvgIpc) is 3.22. The van der Waals surface area contributed by atoms with Crippen LogP contribution in [0, 0.1) is 5.92 Å². The van der Waals surface area contributed by atoms with Gasteiger partial charge in [0.1, 0.15) is 23.3 Å². The molecule has 2 atom stereocenters. The van der Waals surface area contributed by atoms with E-state index in [0.29, 0.717) is 37.1 Å². The Morgan fingerprint density at radius 2 is 1.47 bits per heavy atom. The minimum absolute atomic E-state index is 0.198. The van der Waals surface area contributed by atoms with Gasteiger partial charge in [-0.15, -0.1) is 0 Å². The van der Waals surface area contributed by atoms with E-state index in [2.05, 4.69) is 36.4 Å². The lowest BCUT2D eigenvalue weighted by atomic mass is 9.93. The number of rotatable bonds is 8. The maximum absolute atomic E-state index is 12.5. The second kappa shape index (κ2) is 10.8. The molecule has 3 rings (SSSR count). The van der Waals surface area contributed by atoms with Gasteiger partial charge in [0.25, 0.3) is 0 Å². The van der Waals surface area contributed by atoms with E-state index in [1.807, 2.05) is 50.9 Å². The van der Waals surface area contributed by atoms with Gasteiger partial charge in [-0.3, -0.25) is 4.79 Å². The molecular formula is C27H29NO4. The molecule has 0 N–H and O–H groups in total. The number of carbonyl (C=O) groups excluding carboxylic acids is 3. The van der Waals surface area contributed by atoms with Gasteiger partial charge in [-0.05, 0) is 43.4 Å². The largest absolute Gasteiger partial charge is 0.463 e. The van der Waals surface area contributed by atoms with E-state index in [-0.39, 0.29) is 24.0 Å². The van der Waals surface area contributed by atoms with E-state index < -0.39 is 0 Å². The number of ether oxygens (including phenoxy) is 1. The first kappa shape index (κ1) is 23.3. The van der Waals surface area contributed by atoms with Gasteiger partial charge in [-0.1, -0.05) is 61.5 Å². The third-order valence-electron chi connectivity index (χ3n) is 5.69. The van der Waals surface area contributed by atoms with Gasteiger partial charge in [0.2, 0.25) is 0 Å². The predicted octanol–water partition coefficient (Wildman–Crippen LogP) is 4.77. The first-order chi connectivity index (χ1) is 15.4. The molecule has 1 aliphatic heterocycles. The standard InChI is InChI=1S/C27H29NO4/c1-19(2)32-27(31)20(3)15-26(28-24(17-29)13-14-25(28)18-30)16-21-9-11-23(12-10-21)22-7-5-4-6-8-22/h4-12,19-20,26H,13-16H2,1-3H3. The molecule has 0 amide bonds. The number of allylic oxidation sites excluding steroid dienone is 2. The fourth-order valence-corrected chi connectivity index (χ4v) is 4.15. The van der Waals surface area contributed by atoms with E-state index in [9.17, 15) is 14.4 Å². The summed E-state index contributed by atoms with van der Waals surface area (Å²) in [6, 6.07) is 18.1. The molecule has 5 nitrogen and oxygen atoms in total. The highest BCUT2D eigenvalue weighted by Gasteiger charge is 2.34. The van der Waals surface area contributed by atoms with Gasteiger partial charge in [0, 0.05) is 18.9 Å². The van der Waals surface area contributed by atoms with Crippen molar-refractivity contribution in [2.45, 2.75) is 58.6 Å². The Kier molecular flexibility index (Phi) is 7.83. The summed E-state index contributed by atoms with van der Waals surface area (Å²) in [6.07, 6.45) is 1.74. The molecule has 5 heteroatoms. The molecule has 32 heavy (non-hydrogen) atoms. The maximum atomic E-state index is 12.5. The molecule has 0 saturated carbocycles. The van der Waals surface area contributed by atoms with Crippen LogP contribution in [0.3, 0.4) is 0 Å². The molecular weight excluding hydrogens is 402 g/mol. The number of hydrogen-bond donors (Lipinski definition) is 0. The number of nitrogens with zero attached hydrogens (tertiary/aromatic N) is 1. The van der Waals surface area contributed by atoms with Gasteiger partial charge in [0.15, 0.2) is 0 Å². The third-order valence-corrected chi connectivity index (χ3v) is 5.69. The van der Waals surface area contributed by atoms with Crippen LogP contribution in [-0.4, -0.2) is 34.9 Å². The van der Waals surface area contributed by atoms with Crippen molar-refractivity contribution >= 4 is 17.9 Å². The summed E-state index contributed by atoms with van der Waals surface area (Å²) in [5.41, 5.74) is 4.19. The van der Waals surface area contributed by atoms with Crippen LogP contribution in [0.15, 0.2) is 66.0 Å². The number of hydrogen-bond acceptors (Lipinski definition) is 5. The molecule has 0 radical (unpaired) electrons. The zero-order valence-electron chi connectivity index (χ0n) is 18.8. The Balaban J connectivity index is 1.86. The summed E-state index contributed by atoms with van der Waals surface area (Å²) in [7, 11) is 0. The lowest BCUT2D eigenvalue weighted by molar-refractivity contribution is -0.152. The molecule has 0 spiro atoms. The van der Waals surface area contributed by atoms with Gasteiger partial charge in [-0.25, -0.2) is 9.59 Å². The topological polar surface area (TPSA) is 63.7 Å². The van der Waals surface area contributed by atoms with Gasteiger partial charge < -0.3 is 9.64 Å². The van der Waals surface area contributed by atoms with Crippen LogP contribution >= 0.6 is 0 Å². The normalized spacial score (nSPS) is 15.3. The Hall–Kier alpha value is -3.39. The van der Waals surface area contributed by atoms with Gasteiger partial charge >= 0.3 is 5.97 Å². The number of benzene rings is 2. The van der Waals surface area contributed by atoms with E-state index >= 15 is 0 Å². The molecule has 2 unspecified atom stereocenters. The Labute approximate surface area is 189 Å². The Morgan fingerprint density at radius 1 is 0.906 bits per heavy atom. The van der Waals surface area contributed by atoms with Crippen molar-refractivity contribution in [3.8, 4) is 11.1 Å². The van der Waals surface area contributed by atoms with Gasteiger partial charge in [0.05, 0.1) is 12.0 Å². The average molecular weight is 432 g/mol. The molecule has 0 bridgehead atoms. The van der Waals surface area contributed by atoms with Crippen LogP contribution in [-0.2, 0) is 25.5 Å². The molecule has 1 heterocycles. The quantitative estimate of drug-likeness (QED) is 0.445. The fourth-order valence-electron chi connectivity index (χ4n) is 4.15. The minimum Gasteiger partial charge on any atom is -0.463 e. The SMILES string of the molecule is CC(C)OC(=O)C(C)CC(Cc1ccc(-c2ccccc2)cc1)N1C(=C=O)CCC1=C=O. The molecule has 0 aliphatic carbocycles. The molecule has 1 aliphatic rings. The summed E-state index contributed by atoms with van der Waals surface area (Å²) in [4.78, 5) is 37.3. The highest BCUT2D eigenvalue weighted by molar-refractivity contribution is 5.72. The van der Waals surface area contributed by atoms with Crippen LogP contribution < -0.4 is 0 Å². The molecule has 2 aromatic carbocycles. The predicted molar refractivity (Wildman–Crippen MR) is 124 cm³/mol. The van der Waals surface area contributed by atoms with Crippen molar-refractivity contribution in [3.05, 3.63) is 71.6 Å². The van der Waals surface area contributed by atoms with Crippen molar-refractivity contribution in [2.75, 3.05) is 0 Å². The summed E-state index contributed by atoms with van der Waals surface area (Å²) in [5.74, 6) is 3.31. The minimum atomic E-state index is -0.382. The lowest BCUT2D eigenvalue weighted by Crippen LogP contribution is -2.36. The van der Waals surface area contributed by atoms with Crippen molar-refractivity contribution in [1.82, 2.24) is 4.90 Å². The van der Waals surface area contributed by atoms with Crippen LogP contribution in [0.25, 0.3) is 11.1 Å². The zero-order valence-corrected chi connectivity index (χ0v) is 18.8. The maximum Gasteiger partial charge on any atom is 0.308 e. The summed E-state index contributed by atoms with van der Waals surface area (Å²) < 4.78 is 5.37. The van der Waals surface area contributed by atoms with Crippen molar-refractivity contribution in [3.63, 3.8) is 0 Å². The molecule has 0 aromatic heterocycles. The summed E-state index contributed by atoms with van der Waals surface area (Å²) >= 11 is 0. The van der Waals surface area contributed by atoms with Crippen molar-refractivity contribution in [2.24, 2.45) is 5.92 Å². The van der Waals surface area contributed by atoms with Crippen LogP contribution in [0.2, 0.25) is 0 Å². The van der Waals surface area contributed by atoms with E-state index in [1.165, 1.54) is 0 Å². The van der Waals surface area contributed by atoms with E-state index in [1.54, 1.807) is 4.90 Å². The van der Waals surface area contributed by atoms with Crippen molar-refractivity contribution < 1.29 is 19.1 Å². The molecule has 1 fully saturated rings. The molecule has 166 valence electrons. The van der Waals surface area contributed by atoms with E-state index in [0.717, 1.165) is 16.7 Å². The third kappa shape index (κ3) is 5.64. The smallest absolute Gasteiger partial charge is 0.308 e. The highest BCUT2D eigenvalue weighted by atomic mass is 16.5. The summed E-state index contributed by atoms with van der Waals surface area (Å²) in [6.45, 7) is 5.45. The second-order valence-electron chi connectivity index (χ2n) is 8.51. The highest BCUT2D eigenvalue weighted by Crippen LogP contribution is 2.33. The number of likely N-dealkylation sites (tertiary alicyclic amines) is 1. The molecule has 1 saturated heterocycles. The lowest BCUT2D eigenvalue weighted by Gasteiger charge is -2.31. The second-order valence-corrected chi connectivity index (χ2v) is 8.51. The van der Waals surface area contributed by atoms with Crippen LogP contribution in [0.1, 0.15) is 45.6 Å². The van der Waals surface area contributed by atoms with Crippen LogP contribution in [0.4, 0.5) is 0 Å². The Morgan fingerprint density at radius 3 is 2.00 bits per heavy atom. The summed E-state index contributed by atoms with van der Waals surface area (Å²) in [5, 5.41) is 0. The monoisotopic (exact) mass is 431 g/mol. The fraction of sp³-hybridized carbons (Fsp3) is 0.370.